The zero-order chi connectivity index (χ0) is 24.0. The summed E-state index contributed by atoms with van der Waals surface area (Å²) in [6.45, 7) is 4.76. The van der Waals surface area contributed by atoms with E-state index in [1.54, 1.807) is 32.9 Å². The molecule has 0 radical (unpaired) electrons. The molecule has 1 aromatic carbocycles. The number of alkyl halides is 2. The van der Waals surface area contributed by atoms with Gasteiger partial charge in [-0.1, -0.05) is 41.7 Å². The van der Waals surface area contributed by atoms with E-state index < -0.39 is 47.2 Å². The standard InChI is InChI=1S/C21H19F2N5O4S/c1-20(2,3)32-18(31)13-9-21(22,23)19-24-10-12(17(30)28(13)19)25-14(29)16-27-26-15(33-16)11-7-5-4-6-8-11/h4-8,10,13H,9H2,1-3H3,(H,25,29)/t13-/m0/s1. The Kier molecular flexibility index (Phi) is 5.56. The Morgan fingerprint density at radius 3 is 2.58 bits per heavy atom. The second-order valence-corrected chi connectivity index (χ2v) is 9.34. The first-order chi connectivity index (χ1) is 15.5. The number of benzene rings is 1. The van der Waals surface area contributed by atoms with Crippen molar-refractivity contribution in [1.29, 1.82) is 0 Å². The summed E-state index contributed by atoms with van der Waals surface area (Å²) >= 11 is 0.999. The summed E-state index contributed by atoms with van der Waals surface area (Å²) in [6, 6.07) is 7.49. The molecule has 172 valence electrons. The summed E-state index contributed by atoms with van der Waals surface area (Å²) in [6.07, 6.45) is -0.116. The maximum Gasteiger partial charge on any atom is 0.330 e. The molecule has 0 aliphatic carbocycles. The van der Waals surface area contributed by atoms with Gasteiger partial charge in [-0.15, -0.1) is 10.2 Å². The molecule has 1 amide bonds. The smallest absolute Gasteiger partial charge is 0.330 e. The number of carbonyl (C=O) groups excluding carboxylic acids is 2. The molecule has 3 heterocycles. The van der Waals surface area contributed by atoms with Crippen LogP contribution in [0.25, 0.3) is 10.6 Å². The lowest BCUT2D eigenvalue weighted by Crippen LogP contribution is -2.35. The SMILES string of the molecule is CC(C)(C)OC(=O)[C@@H]1CC(F)(F)c2ncc(NC(=O)c3nnc(-c4ccccc4)s3)c(=O)n21. The lowest BCUT2D eigenvalue weighted by atomic mass is 10.1. The van der Waals surface area contributed by atoms with E-state index >= 15 is 0 Å². The van der Waals surface area contributed by atoms with E-state index in [1.807, 2.05) is 18.2 Å². The highest BCUT2D eigenvalue weighted by Crippen LogP contribution is 2.42. The van der Waals surface area contributed by atoms with Crippen molar-refractivity contribution >= 4 is 28.9 Å². The third kappa shape index (κ3) is 4.51. The molecule has 12 heteroatoms. The second-order valence-electron chi connectivity index (χ2n) is 8.36. The van der Waals surface area contributed by atoms with Crippen molar-refractivity contribution < 1.29 is 23.1 Å². The molecular weight excluding hydrogens is 456 g/mol. The van der Waals surface area contributed by atoms with Crippen molar-refractivity contribution in [1.82, 2.24) is 19.7 Å². The molecule has 0 saturated heterocycles. The Morgan fingerprint density at radius 1 is 1.21 bits per heavy atom. The molecule has 3 aromatic rings. The number of ether oxygens (including phenoxy) is 1. The van der Waals surface area contributed by atoms with Crippen LogP contribution in [0.2, 0.25) is 0 Å². The number of esters is 1. The van der Waals surface area contributed by atoms with Crippen LogP contribution < -0.4 is 10.9 Å². The maximum absolute atomic E-state index is 14.4. The average molecular weight is 475 g/mol. The molecule has 0 spiro atoms. The number of halogens is 2. The molecule has 0 saturated carbocycles. The molecule has 1 atom stereocenters. The zero-order valence-electron chi connectivity index (χ0n) is 17.8. The van der Waals surface area contributed by atoms with Crippen molar-refractivity contribution in [2.24, 2.45) is 0 Å². The van der Waals surface area contributed by atoms with Crippen LogP contribution in [-0.2, 0) is 15.5 Å². The van der Waals surface area contributed by atoms with E-state index in [9.17, 15) is 23.2 Å². The van der Waals surface area contributed by atoms with Crippen LogP contribution in [0.3, 0.4) is 0 Å². The van der Waals surface area contributed by atoms with Gasteiger partial charge in [0.05, 0.1) is 12.6 Å². The monoisotopic (exact) mass is 475 g/mol. The van der Waals surface area contributed by atoms with Gasteiger partial charge in [-0.25, -0.2) is 9.78 Å². The highest BCUT2D eigenvalue weighted by molar-refractivity contribution is 7.16. The summed E-state index contributed by atoms with van der Waals surface area (Å²) in [7, 11) is 0. The summed E-state index contributed by atoms with van der Waals surface area (Å²) < 4.78 is 34.7. The van der Waals surface area contributed by atoms with Gasteiger partial charge in [-0.05, 0) is 20.8 Å². The first kappa shape index (κ1) is 22.6. The van der Waals surface area contributed by atoms with Crippen LogP contribution in [0.5, 0.6) is 0 Å². The van der Waals surface area contributed by atoms with Gasteiger partial charge in [-0.2, -0.15) is 8.78 Å². The summed E-state index contributed by atoms with van der Waals surface area (Å²) in [5, 5.41) is 10.6. The predicted molar refractivity (Wildman–Crippen MR) is 115 cm³/mol. The Balaban J connectivity index is 1.62. The van der Waals surface area contributed by atoms with Crippen LogP contribution in [0.15, 0.2) is 41.3 Å². The van der Waals surface area contributed by atoms with Crippen molar-refractivity contribution in [3.05, 3.63) is 57.7 Å². The molecular formula is C21H19F2N5O4S. The number of aromatic nitrogens is 4. The molecule has 2 aromatic heterocycles. The number of hydrogen-bond acceptors (Lipinski definition) is 8. The number of hydrogen-bond donors (Lipinski definition) is 1. The first-order valence-electron chi connectivity index (χ1n) is 9.89. The minimum absolute atomic E-state index is 0.0345. The van der Waals surface area contributed by atoms with Crippen molar-refractivity contribution in [3.63, 3.8) is 0 Å². The second kappa shape index (κ2) is 8.10. The van der Waals surface area contributed by atoms with Gasteiger partial charge in [0.1, 0.15) is 22.3 Å². The molecule has 1 N–H and O–H groups in total. The van der Waals surface area contributed by atoms with Crippen molar-refractivity contribution in [2.45, 2.75) is 44.8 Å². The number of fused-ring (bicyclic) bond motifs is 1. The van der Waals surface area contributed by atoms with Gasteiger partial charge in [0.2, 0.25) is 5.01 Å². The van der Waals surface area contributed by atoms with Gasteiger partial charge in [0, 0.05) is 5.56 Å². The molecule has 9 nitrogen and oxygen atoms in total. The van der Waals surface area contributed by atoms with E-state index in [4.69, 9.17) is 4.74 Å². The summed E-state index contributed by atoms with van der Waals surface area (Å²) in [4.78, 5) is 41.7. The van der Waals surface area contributed by atoms with Gasteiger partial charge in [0.25, 0.3) is 11.5 Å². The lowest BCUT2D eigenvalue weighted by molar-refractivity contribution is -0.160. The molecule has 1 aliphatic rings. The number of anilines is 1. The fourth-order valence-electron chi connectivity index (χ4n) is 3.29. The third-order valence-electron chi connectivity index (χ3n) is 4.65. The van der Waals surface area contributed by atoms with Crippen LogP contribution in [0, 0.1) is 0 Å². The predicted octanol–water partition coefficient (Wildman–Crippen LogP) is 3.39. The Hall–Kier alpha value is -3.54. The largest absolute Gasteiger partial charge is 0.458 e. The fraction of sp³-hybridized carbons (Fsp3) is 0.333. The highest BCUT2D eigenvalue weighted by atomic mass is 32.1. The zero-order valence-corrected chi connectivity index (χ0v) is 18.7. The lowest BCUT2D eigenvalue weighted by Gasteiger charge is -2.22. The minimum Gasteiger partial charge on any atom is -0.458 e. The first-order valence-corrected chi connectivity index (χ1v) is 10.7. The van der Waals surface area contributed by atoms with E-state index in [0.29, 0.717) is 9.57 Å². The van der Waals surface area contributed by atoms with E-state index in [0.717, 1.165) is 23.1 Å². The Labute approximate surface area is 190 Å². The maximum atomic E-state index is 14.4. The molecule has 33 heavy (non-hydrogen) atoms. The quantitative estimate of drug-likeness (QED) is 0.575. The van der Waals surface area contributed by atoms with Gasteiger partial charge < -0.3 is 10.1 Å². The van der Waals surface area contributed by atoms with Gasteiger partial charge in [0.15, 0.2) is 5.82 Å². The average Bonchev–Trinajstić information content (AvgIpc) is 3.33. The molecule has 4 rings (SSSR count). The molecule has 0 bridgehead atoms. The molecule has 1 aliphatic heterocycles. The van der Waals surface area contributed by atoms with Crippen LogP contribution >= 0.6 is 11.3 Å². The van der Waals surface area contributed by atoms with E-state index in [2.05, 4.69) is 20.5 Å². The normalized spacial score (nSPS) is 16.8. The number of nitrogens with zero attached hydrogens (tertiary/aromatic N) is 4. The number of amides is 1. The van der Waals surface area contributed by atoms with E-state index in [-0.39, 0.29) is 10.7 Å². The Morgan fingerprint density at radius 2 is 1.91 bits per heavy atom. The summed E-state index contributed by atoms with van der Waals surface area (Å²) in [5.74, 6) is -6.10. The van der Waals surface area contributed by atoms with Crippen molar-refractivity contribution in [2.75, 3.05) is 5.32 Å². The minimum atomic E-state index is -3.51. The highest BCUT2D eigenvalue weighted by Gasteiger charge is 2.51. The van der Waals surface area contributed by atoms with E-state index in [1.165, 1.54) is 0 Å². The van der Waals surface area contributed by atoms with Gasteiger partial charge in [-0.3, -0.25) is 14.2 Å². The molecule has 0 unspecified atom stereocenters. The van der Waals surface area contributed by atoms with Crippen LogP contribution in [-0.4, -0.2) is 37.2 Å². The van der Waals surface area contributed by atoms with Gasteiger partial charge >= 0.3 is 11.9 Å². The number of nitrogens with one attached hydrogen (secondary N) is 1. The molecule has 0 fully saturated rings. The number of carbonyl (C=O) groups is 2. The third-order valence-corrected chi connectivity index (χ3v) is 5.62. The van der Waals surface area contributed by atoms with Crippen LogP contribution in [0.4, 0.5) is 14.5 Å². The number of rotatable bonds is 4. The fourth-order valence-corrected chi connectivity index (χ4v) is 4.03. The van der Waals surface area contributed by atoms with Crippen LogP contribution in [0.1, 0.15) is 48.9 Å². The van der Waals surface area contributed by atoms with Crippen molar-refractivity contribution in [3.8, 4) is 10.6 Å². The topological polar surface area (TPSA) is 116 Å². The summed E-state index contributed by atoms with van der Waals surface area (Å²) in [5.41, 5.74) is -1.54. The Bertz CT molecular complexity index is 1280.